The average molecular weight is 2040 g/mol. The van der Waals surface area contributed by atoms with Gasteiger partial charge >= 0.3 is 6.09 Å². The molecule has 10 rings (SSSR count). The van der Waals surface area contributed by atoms with Gasteiger partial charge in [0.1, 0.15) is 64.5 Å². The molecule has 2 saturated heterocycles. The number of Topliss-reactive ketones (excluding diaryl/α,β-unsaturated/α-hetero) is 4. The maximum Gasteiger partial charge on any atom is 0.407 e. The van der Waals surface area contributed by atoms with Gasteiger partial charge in [0, 0.05) is 118 Å². The Bertz CT molecular complexity index is 5390. The maximum atomic E-state index is 15.0. The number of aliphatic hydroxyl groups excluding tert-OH is 6. The SMILES string of the molecule is C.CC[C@H](C)[C@@H]1NC(=O)CNC(=O)C2CC(=O)[C@H]([C@@H](C)[C@@H](O)CO)NC(=O)[C@@H]3CC(O)CN3C(=O)[C@H](CC(N)=O)CC(=O)C(C[S@@](=O)c3[nH]c4cc(OCCN)ccc4c3C2)NC(=O)CNC1=O.CC[C@H](C)[C@@H]1NC(=O)CNC(=O)C2CC(=O)[C@H]([C@@H](C)[C@@H](O)CO)NC(=O)[C@@H]3CC(O)CN3C(=O)[C@H](CC(N)=O)CC(=O)C(C[S@@](=O)c3[nH]c4cc(OCCNC(=O)OC(C)(C)C)ccc4c3C2)NC(=O)CNC1=O. The molecule has 48 nitrogen and oxygen atoms in total. The first-order valence-corrected chi connectivity index (χ1v) is 49.3. The number of fused-ring (bicyclic) bond motifs is 10. The van der Waals surface area contributed by atoms with Crippen LogP contribution in [-0.4, -0.2) is 339 Å². The van der Waals surface area contributed by atoms with Crippen molar-refractivity contribution in [1.29, 1.82) is 0 Å². The molecule has 25 N–H and O–H groups in total. The van der Waals surface area contributed by atoms with Crippen LogP contribution in [0.15, 0.2) is 46.5 Å². The molecule has 0 aliphatic carbocycles. The number of ether oxygens (including phenoxy) is 3. The third kappa shape index (κ3) is 30.9. The summed E-state index contributed by atoms with van der Waals surface area (Å²) in [6.07, 6.45) is -11.8. The Morgan fingerprint density at radius 2 is 0.866 bits per heavy atom. The monoisotopic (exact) mass is 2030 g/mol. The molecule has 0 spiro atoms. The summed E-state index contributed by atoms with van der Waals surface area (Å²) < 4.78 is 46.6. The van der Waals surface area contributed by atoms with E-state index >= 15 is 0 Å². The van der Waals surface area contributed by atoms with Crippen LogP contribution >= 0.6 is 0 Å². The number of rotatable bonds is 21. The molecule has 4 bridgehead atoms. The summed E-state index contributed by atoms with van der Waals surface area (Å²) in [5.41, 5.74) is 17.0. The third-order valence-corrected chi connectivity index (χ3v) is 28.5. The molecule has 0 radical (unpaired) electrons. The first-order chi connectivity index (χ1) is 66.5. The fourth-order valence-electron chi connectivity index (χ4n) is 17.5. The molecule has 50 heteroatoms. The molecule has 2 fully saturated rings. The van der Waals surface area contributed by atoms with Gasteiger partial charge in [0.05, 0.1) is 150 Å². The highest BCUT2D eigenvalue weighted by Gasteiger charge is 2.49. The highest BCUT2D eigenvalue weighted by molar-refractivity contribution is 7.85. The average Bonchev–Trinajstić information content (AvgIpc) is 1.63. The minimum atomic E-state index is -2.36. The minimum Gasteiger partial charge on any atom is -0.492 e. The summed E-state index contributed by atoms with van der Waals surface area (Å²) >= 11 is 0. The molecule has 142 heavy (non-hydrogen) atoms. The molecule has 0 saturated carbocycles. The second-order valence-electron chi connectivity index (χ2n) is 37.4. The van der Waals surface area contributed by atoms with Crippen LogP contribution < -0.4 is 85.2 Å². The van der Waals surface area contributed by atoms with Crippen LogP contribution in [-0.2, 0) is 125 Å². The fourth-order valence-corrected chi connectivity index (χ4v) is 20.4. The van der Waals surface area contributed by atoms with E-state index in [1.165, 1.54) is 19.9 Å². The number of carbonyl (C=O) groups excluding carboxylic acids is 19. The number of nitrogens with zero attached hydrogens (tertiary/aromatic N) is 2. The second-order valence-corrected chi connectivity index (χ2v) is 40.3. The van der Waals surface area contributed by atoms with Gasteiger partial charge in [0.25, 0.3) is 0 Å². The van der Waals surface area contributed by atoms with Crippen LogP contribution in [0.25, 0.3) is 21.8 Å². The molecule has 2 aromatic carbocycles. The first-order valence-electron chi connectivity index (χ1n) is 46.7. The summed E-state index contributed by atoms with van der Waals surface area (Å²) in [4.78, 5) is 271. The number of nitrogens with one attached hydrogen (secondary N) is 13. The Kier molecular flexibility index (Phi) is 42.2. The van der Waals surface area contributed by atoms with E-state index in [2.05, 4.69) is 68.5 Å². The topological polar surface area (TPSA) is 756 Å². The Morgan fingerprint density at radius 1 is 0.500 bits per heavy atom. The maximum absolute atomic E-state index is 15.0. The summed E-state index contributed by atoms with van der Waals surface area (Å²) in [5, 5.41) is 91.5. The van der Waals surface area contributed by atoms with Crippen molar-refractivity contribution < 1.29 is 144 Å². The molecule has 6 aliphatic heterocycles. The van der Waals surface area contributed by atoms with Crippen molar-refractivity contribution in [2.75, 3.05) is 90.3 Å². The number of primary amides is 2. The molecule has 15 amide bonds. The quantitative estimate of drug-likeness (QED) is 0.0345. The zero-order valence-electron chi connectivity index (χ0n) is 79.8. The normalized spacial score (nSPS) is 27.0. The lowest BCUT2D eigenvalue weighted by Crippen LogP contribution is -2.56. The Hall–Kier alpha value is -12.3. The number of H-pyrrole nitrogens is 2. The van der Waals surface area contributed by atoms with Gasteiger partial charge in [-0.25, -0.2) is 4.79 Å². The van der Waals surface area contributed by atoms with Crippen LogP contribution in [0.3, 0.4) is 0 Å². The van der Waals surface area contributed by atoms with Crippen LogP contribution in [0.4, 0.5) is 4.79 Å². The standard InChI is InChI=1S/C48H69N9O16S.C43H61N9O14S.CH4/c1-7-23(2)40-44(68)52-18-38(64)53-32-22-74(71)45-30(29-9-8-28(17-31(29)54-45)72-11-10-50-47(70)73-48(4,5)6)12-25(42(66)51-19-39(65)55-40)13-35(61)41(24(3)36(62)21-58)56-43(67)33-16-27(59)20-57(33)46(69)26(14-34(32)60)15-37(49)63;1-4-20(2)37-41(63)47-15-35(59)48-29-19-67(65)42-27(26-6-5-25(66-8-7-44)14-28(26)49-42)9-22(39(61)46-16-36(60)50-37)10-32(56)38(21(3)33(57)18-53)51-40(62)30-13-24(54)17-52(30)43(64)23(11-31(29)55)12-34(45)58;/h8-9,17,23-27,32-33,36,40-41,54,58-59,62H,7,10-16,18-22H2,1-6H3,(H2,49,63)(H,50,70)(H,51,66)(H,52,68)(H,53,64)(H,55,65)(H,56,67);5-6,14,20-24,29-30,33,37-38,49,53-54,57H,4,7-13,15-19,44H2,1-3H3,(H2,45,58)(H,46,61)(H,47,63)(H,48,59)(H,50,60)(H,51,62);1H4/t23-,24-,25?,26-,27?,32?,33-,36-,40-,41-,74+;20-,21-,22?,23-,24?,29?,30-,33-,37-,38-,67+;/m00./s1. The van der Waals surface area contributed by atoms with E-state index in [4.69, 9.17) is 31.4 Å². The lowest BCUT2D eigenvalue weighted by atomic mass is 9.85. The van der Waals surface area contributed by atoms with Gasteiger partial charge in [-0.1, -0.05) is 61.8 Å². The number of aliphatic hydroxyl groups is 6. The second kappa shape index (κ2) is 52.1. The van der Waals surface area contributed by atoms with Crippen LogP contribution in [0.2, 0.25) is 0 Å². The van der Waals surface area contributed by atoms with Crippen molar-refractivity contribution in [2.45, 2.75) is 235 Å². The van der Waals surface area contributed by atoms with Crippen LogP contribution in [0.1, 0.15) is 145 Å². The number of aromatic nitrogens is 2. The van der Waals surface area contributed by atoms with E-state index in [1.54, 1.807) is 78.8 Å². The van der Waals surface area contributed by atoms with Gasteiger partial charge in [-0.05, 0) is 80.8 Å². The summed E-state index contributed by atoms with van der Waals surface area (Å²) in [6, 6.07) is -2.79. The van der Waals surface area contributed by atoms with E-state index in [0.29, 0.717) is 34.9 Å². The van der Waals surface area contributed by atoms with Gasteiger partial charge in [-0.15, -0.1) is 0 Å². The number of hydrogen-bond acceptors (Lipinski definition) is 31. The van der Waals surface area contributed by atoms with Crippen molar-refractivity contribution in [2.24, 2.45) is 64.5 Å². The summed E-state index contributed by atoms with van der Waals surface area (Å²) in [6.45, 7) is 9.44. The van der Waals surface area contributed by atoms with Crippen molar-refractivity contribution in [3.8, 4) is 11.5 Å². The van der Waals surface area contributed by atoms with Gasteiger partial charge in [0.15, 0.2) is 23.1 Å². The smallest absolute Gasteiger partial charge is 0.407 e. The van der Waals surface area contributed by atoms with E-state index in [0.717, 1.165) is 9.80 Å². The molecular formula is C92H134N18O30S2. The molecule has 784 valence electrons. The van der Waals surface area contributed by atoms with Crippen molar-refractivity contribution in [3.63, 3.8) is 0 Å². The third-order valence-electron chi connectivity index (χ3n) is 25.6. The van der Waals surface area contributed by atoms with Gasteiger partial charge in [0.2, 0.25) is 82.7 Å². The number of nitrogens with two attached hydrogens (primary N) is 3. The summed E-state index contributed by atoms with van der Waals surface area (Å²) in [7, 11) is -4.65. The molecule has 8 heterocycles. The Balaban J connectivity index is 0.000000347. The highest BCUT2D eigenvalue weighted by atomic mass is 32.2. The lowest BCUT2D eigenvalue weighted by molar-refractivity contribution is -0.145. The molecule has 4 aromatic rings. The van der Waals surface area contributed by atoms with E-state index in [-0.39, 0.29) is 85.4 Å². The van der Waals surface area contributed by atoms with E-state index in [1.807, 2.05) is 0 Å². The first kappa shape index (κ1) is 115. The lowest BCUT2D eigenvalue weighted by Gasteiger charge is -2.32. The number of ketones is 4. The fraction of sp³-hybridized carbons (Fsp3) is 0.620. The number of benzene rings is 2. The predicted octanol–water partition coefficient (Wildman–Crippen LogP) is -6.01. The molecule has 2 aromatic heterocycles. The Morgan fingerprint density at radius 3 is 1.22 bits per heavy atom. The molecule has 22 atom stereocenters. The van der Waals surface area contributed by atoms with Crippen LogP contribution in [0, 0.1) is 47.3 Å². The van der Waals surface area contributed by atoms with E-state index in [9.17, 15) is 130 Å². The molecule has 6 unspecified atom stereocenters. The predicted molar refractivity (Wildman–Crippen MR) is 507 cm³/mol. The number of hydrogen-bond donors (Lipinski definition) is 22. The van der Waals surface area contributed by atoms with Crippen molar-refractivity contribution >= 4 is 155 Å². The van der Waals surface area contributed by atoms with Crippen molar-refractivity contribution in [1.82, 2.24) is 78.3 Å². The van der Waals surface area contributed by atoms with Crippen molar-refractivity contribution in [3.05, 3.63) is 47.5 Å². The largest absolute Gasteiger partial charge is 0.492 e. The van der Waals surface area contributed by atoms with E-state index < -0.39 is 368 Å². The number of amides is 15. The molecular weight excluding hydrogens is 1900 g/mol. The van der Waals surface area contributed by atoms with Gasteiger partial charge in [-0.2, -0.15) is 0 Å². The number of aromatic amines is 2. The zero-order chi connectivity index (χ0) is 104. The number of alkyl carbamates (subject to hydrolysis) is 1. The molecule has 6 aliphatic rings. The zero-order valence-corrected chi connectivity index (χ0v) is 81.5. The summed E-state index contributed by atoms with van der Waals surface area (Å²) in [5.74, 6) is -26.7. The number of carbonyl (C=O) groups is 19. The Labute approximate surface area is 822 Å². The minimum absolute atomic E-state index is 0. The highest BCUT2D eigenvalue weighted by Crippen LogP contribution is 2.37. The van der Waals surface area contributed by atoms with Gasteiger partial charge < -0.3 is 140 Å². The van der Waals surface area contributed by atoms with Crippen LogP contribution in [0.5, 0.6) is 11.5 Å². The van der Waals surface area contributed by atoms with Gasteiger partial charge in [-0.3, -0.25) is 94.7 Å².